The number of aliphatic hydroxyl groups is 1. The van der Waals surface area contributed by atoms with Crippen LogP contribution in [0.25, 0.3) is 0 Å². The molecule has 1 unspecified atom stereocenters. The van der Waals surface area contributed by atoms with Crippen LogP contribution >= 0.6 is 0 Å². The number of ether oxygens (including phenoxy) is 2. The summed E-state index contributed by atoms with van der Waals surface area (Å²) in [6, 6.07) is 9.15. The summed E-state index contributed by atoms with van der Waals surface area (Å²) in [7, 11) is 0. The zero-order valence-corrected chi connectivity index (χ0v) is 23.3. The van der Waals surface area contributed by atoms with Crippen LogP contribution in [0, 0.1) is 11.8 Å². The molecule has 3 heterocycles. The van der Waals surface area contributed by atoms with Gasteiger partial charge in [-0.3, -0.25) is 9.69 Å². The first-order chi connectivity index (χ1) is 20.1. The highest BCUT2D eigenvalue weighted by molar-refractivity contribution is 5.82. The number of hydrogen-bond donors (Lipinski definition) is 2. The minimum atomic E-state index is -4.75. The van der Waals surface area contributed by atoms with Crippen LogP contribution in [0.4, 0.5) is 13.2 Å². The molecule has 4 fully saturated rings. The number of halogens is 3. The average molecular weight is 585 g/mol. The van der Waals surface area contributed by atoms with Gasteiger partial charge in [-0.05, 0) is 93.2 Å². The summed E-state index contributed by atoms with van der Waals surface area (Å²) in [5, 5.41) is 23.6. The number of hydrogen-bond acceptors (Lipinski definition) is 6. The maximum Gasteiger partial charge on any atom is 0.573 e. The number of alkyl halides is 3. The van der Waals surface area contributed by atoms with Gasteiger partial charge in [-0.25, -0.2) is 0 Å². The van der Waals surface area contributed by atoms with Crippen LogP contribution in [0.2, 0.25) is 0 Å². The summed E-state index contributed by atoms with van der Waals surface area (Å²) in [6.45, 7) is 2.42. The Morgan fingerprint density at radius 1 is 1.02 bits per heavy atom. The first kappa shape index (κ1) is 26.6. The molecule has 8 rings (SSSR count). The second-order valence-electron chi connectivity index (χ2n) is 13.3. The molecule has 7 nitrogen and oxygen atoms in total. The highest BCUT2D eigenvalue weighted by Crippen LogP contribution is 2.66. The van der Waals surface area contributed by atoms with Gasteiger partial charge < -0.3 is 24.6 Å². The second-order valence-corrected chi connectivity index (χ2v) is 13.3. The van der Waals surface area contributed by atoms with E-state index in [2.05, 4.69) is 9.64 Å². The molecule has 2 N–H and O–H groups in total. The fraction of sp³-hybridized carbons (Fsp3) is 0.594. The van der Waals surface area contributed by atoms with Crippen molar-refractivity contribution in [3.63, 3.8) is 0 Å². The highest BCUT2D eigenvalue weighted by atomic mass is 19.4. The number of carbonyl (C=O) groups excluding carboxylic acids is 1. The molecule has 2 aromatic rings. The number of aromatic hydroxyl groups is 1. The van der Waals surface area contributed by atoms with Crippen LogP contribution in [-0.4, -0.2) is 75.7 Å². The van der Waals surface area contributed by atoms with Gasteiger partial charge in [0.05, 0.1) is 17.1 Å². The van der Waals surface area contributed by atoms with Gasteiger partial charge in [0.15, 0.2) is 11.5 Å². The number of amides is 1. The Morgan fingerprint density at radius 2 is 1.81 bits per heavy atom. The van der Waals surface area contributed by atoms with E-state index < -0.39 is 23.5 Å². The smallest absolute Gasteiger partial charge is 0.504 e. The standard InChI is InChI=1S/C32H35F3N2O5/c33-32(34,35)42-22-6-3-18(4-7-22)15-21-10-13-37(29(21)39)23-9-11-31(40)25-16-20-5-8-24(38)27-26(20)30(31,28(23)41-27)12-14-36(25)17-19-1-2-19/h3-8,19,21,23,25,28,38,40H,1-2,9-17H2/t21?,23-,25+,28-,30-,31+/m0/s1. The number of phenols is 1. The number of benzene rings is 2. The van der Waals surface area contributed by atoms with E-state index in [0.29, 0.717) is 43.9 Å². The van der Waals surface area contributed by atoms with Crippen LogP contribution in [-0.2, 0) is 23.1 Å². The molecule has 2 bridgehead atoms. The SMILES string of the molecule is O=C1C(Cc2ccc(OC(F)(F)F)cc2)CCN1[C@H]1CC[C@@]2(O)[C@H]3Cc4ccc(O)c5c4[C@@]2(CCN3CC2CC2)[C@H]1O5. The number of nitrogens with zero attached hydrogens (tertiary/aromatic N) is 2. The number of piperidine rings is 1. The summed E-state index contributed by atoms with van der Waals surface area (Å²) in [6.07, 6.45) is 0.986. The Hall–Kier alpha value is -2.98. The molecule has 0 aromatic heterocycles. The molecule has 3 aliphatic carbocycles. The molecule has 6 aliphatic rings. The molecular weight excluding hydrogens is 549 g/mol. The van der Waals surface area contributed by atoms with E-state index in [1.54, 1.807) is 18.2 Å². The van der Waals surface area contributed by atoms with Crippen LogP contribution in [0.3, 0.4) is 0 Å². The van der Waals surface area contributed by atoms with Crippen molar-refractivity contribution in [1.29, 1.82) is 0 Å². The molecule has 2 saturated heterocycles. The van der Waals surface area contributed by atoms with Crippen molar-refractivity contribution in [3.05, 3.63) is 53.1 Å². The fourth-order valence-corrected chi connectivity index (χ4v) is 9.17. The van der Waals surface area contributed by atoms with Crippen LogP contribution in [0.5, 0.6) is 17.2 Å². The summed E-state index contributed by atoms with van der Waals surface area (Å²) in [5.41, 5.74) is 1.17. The molecule has 10 heteroatoms. The molecule has 1 amide bonds. The monoisotopic (exact) mass is 584 g/mol. The number of carbonyl (C=O) groups is 1. The lowest BCUT2D eigenvalue weighted by Gasteiger charge is -2.64. The molecule has 42 heavy (non-hydrogen) atoms. The Bertz CT molecular complexity index is 1430. The zero-order chi connectivity index (χ0) is 29.0. The Labute approximate surface area is 242 Å². The molecule has 6 atom stereocenters. The van der Waals surface area contributed by atoms with E-state index in [4.69, 9.17) is 4.74 Å². The lowest BCUT2D eigenvalue weighted by Crippen LogP contribution is -2.78. The minimum Gasteiger partial charge on any atom is -0.504 e. The third kappa shape index (κ3) is 3.83. The van der Waals surface area contributed by atoms with Crippen molar-refractivity contribution in [3.8, 4) is 17.2 Å². The maximum atomic E-state index is 13.9. The zero-order valence-electron chi connectivity index (χ0n) is 23.3. The third-order valence-corrected chi connectivity index (χ3v) is 11.1. The Morgan fingerprint density at radius 3 is 2.55 bits per heavy atom. The van der Waals surface area contributed by atoms with Gasteiger partial charge in [-0.1, -0.05) is 18.2 Å². The van der Waals surface area contributed by atoms with Gasteiger partial charge in [-0.15, -0.1) is 13.2 Å². The Balaban J connectivity index is 1.07. The van der Waals surface area contributed by atoms with Crippen LogP contribution < -0.4 is 9.47 Å². The average Bonchev–Trinajstić information content (AvgIpc) is 3.59. The van der Waals surface area contributed by atoms with Crippen molar-refractivity contribution in [1.82, 2.24) is 9.80 Å². The summed E-state index contributed by atoms with van der Waals surface area (Å²) in [5.74, 6) is 0.709. The summed E-state index contributed by atoms with van der Waals surface area (Å²) < 4.78 is 48.3. The van der Waals surface area contributed by atoms with Crippen molar-refractivity contribution >= 4 is 5.91 Å². The van der Waals surface area contributed by atoms with Crippen molar-refractivity contribution in [2.45, 2.75) is 86.9 Å². The number of phenolic OH excluding ortho intramolecular Hbond substituents is 1. The van der Waals surface area contributed by atoms with Crippen LogP contribution in [0.1, 0.15) is 55.2 Å². The normalized spacial score (nSPS) is 35.2. The fourth-order valence-electron chi connectivity index (χ4n) is 9.17. The third-order valence-electron chi connectivity index (χ3n) is 11.1. The van der Waals surface area contributed by atoms with Gasteiger partial charge in [0.2, 0.25) is 5.91 Å². The van der Waals surface area contributed by atoms with Crippen molar-refractivity contribution < 1.29 is 37.7 Å². The minimum absolute atomic E-state index is 0.0139. The summed E-state index contributed by atoms with van der Waals surface area (Å²) >= 11 is 0. The molecule has 0 radical (unpaired) electrons. The number of rotatable bonds is 6. The van der Waals surface area contributed by atoms with E-state index in [0.717, 1.165) is 42.6 Å². The van der Waals surface area contributed by atoms with Crippen molar-refractivity contribution in [2.75, 3.05) is 19.6 Å². The second kappa shape index (κ2) is 9.02. The van der Waals surface area contributed by atoms with Gasteiger partial charge in [0, 0.05) is 30.6 Å². The van der Waals surface area contributed by atoms with Gasteiger partial charge in [-0.2, -0.15) is 0 Å². The van der Waals surface area contributed by atoms with E-state index in [1.807, 2.05) is 11.0 Å². The quantitative estimate of drug-likeness (QED) is 0.527. The lowest BCUT2D eigenvalue weighted by atomic mass is 9.48. The first-order valence-corrected chi connectivity index (χ1v) is 15.2. The van der Waals surface area contributed by atoms with Gasteiger partial charge in [0.1, 0.15) is 11.9 Å². The summed E-state index contributed by atoms with van der Waals surface area (Å²) in [4.78, 5) is 18.3. The molecule has 3 aliphatic heterocycles. The van der Waals surface area contributed by atoms with E-state index >= 15 is 0 Å². The lowest BCUT2D eigenvalue weighted by molar-refractivity contribution is -0.274. The molecular formula is C32H35F3N2O5. The van der Waals surface area contributed by atoms with E-state index in [9.17, 15) is 28.2 Å². The first-order valence-electron chi connectivity index (χ1n) is 15.2. The predicted octanol–water partition coefficient (Wildman–Crippen LogP) is 4.31. The van der Waals surface area contributed by atoms with Crippen molar-refractivity contribution in [2.24, 2.45) is 11.8 Å². The number of likely N-dealkylation sites (tertiary alicyclic amines) is 2. The molecule has 1 spiro atoms. The van der Waals surface area contributed by atoms with E-state index in [1.165, 1.54) is 25.0 Å². The van der Waals surface area contributed by atoms with Gasteiger partial charge in [0.25, 0.3) is 0 Å². The molecule has 2 aromatic carbocycles. The van der Waals surface area contributed by atoms with Crippen LogP contribution in [0.15, 0.2) is 36.4 Å². The van der Waals surface area contributed by atoms with E-state index in [-0.39, 0.29) is 35.4 Å². The molecule has 224 valence electrons. The topological polar surface area (TPSA) is 82.5 Å². The molecule has 2 saturated carbocycles. The largest absolute Gasteiger partial charge is 0.573 e. The Kier molecular flexibility index (Phi) is 5.72. The highest BCUT2D eigenvalue weighted by Gasteiger charge is 2.73. The maximum absolute atomic E-state index is 13.9. The predicted molar refractivity (Wildman–Crippen MR) is 145 cm³/mol. The van der Waals surface area contributed by atoms with Gasteiger partial charge >= 0.3 is 6.36 Å².